The van der Waals surface area contributed by atoms with Gasteiger partial charge in [-0.3, -0.25) is 0 Å². The lowest BCUT2D eigenvalue weighted by Crippen LogP contribution is -1.94. The van der Waals surface area contributed by atoms with Gasteiger partial charge in [0, 0.05) is 18.3 Å². The van der Waals surface area contributed by atoms with Crippen molar-refractivity contribution in [1.29, 1.82) is 0 Å². The highest BCUT2D eigenvalue weighted by molar-refractivity contribution is 5.80. The van der Waals surface area contributed by atoms with Crippen LogP contribution >= 0.6 is 0 Å². The third-order valence-corrected chi connectivity index (χ3v) is 3.41. The van der Waals surface area contributed by atoms with Gasteiger partial charge in [-0.1, -0.05) is 67.3 Å². The molecule has 21 heavy (non-hydrogen) atoms. The van der Waals surface area contributed by atoms with Gasteiger partial charge in [0.25, 0.3) is 0 Å². The minimum atomic E-state index is 1.13. The number of allylic oxidation sites excluding steroid dienone is 5. The molecule has 0 amide bonds. The second-order valence-electron chi connectivity index (χ2n) is 4.85. The summed E-state index contributed by atoms with van der Waals surface area (Å²) in [7, 11) is 1.95. The zero-order chi connectivity index (χ0) is 15.1. The Morgan fingerprint density at radius 2 is 1.76 bits per heavy atom. The van der Waals surface area contributed by atoms with Gasteiger partial charge in [0.1, 0.15) is 0 Å². The molecule has 0 bridgehead atoms. The van der Waals surface area contributed by atoms with Crippen LogP contribution in [0, 0.1) is 0 Å². The summed E-state index contributed by atoms with van der Waals surface area (Å²) in [6, 6.07) is 17.0. The molecule has 0 fully saturated rings. The van der Waals surface area contributed by atoms with E-state index in [-0.39, 0.29) is 0 Å². The SMILES string of the molecule is C=C/C=C\C=C(/C)c1cc(-c2ccccc2)ccc1NC. The highest BCUT2D eigenvalue weighted by Crippen LogP contribution is 2.29. The van der Waals surface area contributed by atoms with Crippen LogP contribution in [0.1, 0.15) is 12.5 Å². The second kappa shape index (κ2) is 7.30. The standard InChI is InChI=1S/C20H21N/c1-4-5-7-10-16(2)19-15-18(13-14-20(19)21-3)17-11-8-6-9-12-17/h4-15,21H,1H2,2-3H3/b7-5-,16-10+. The Morgan fingerprint density at radius 1 is 1.00 bits per heavy atom. The molecule has 2 rings (SSSR count). The predicted octanol–water partition coefficient (Wildman–Crippen LogP) is 5.54. The number of nitrogens with one attached hydrogen (secondary N) is 1. The monoisotopic (exact) mass is 275 g/mol. The molecule has 1 heteroatoms. The van der Waals surface area contributed by atoms with Crippen LogP contribution in [0.5, 0.6) is 0 Å². The van der Waals surface area contributed by atoms with Crippen LogP contribution in [0.25, 0.3) is 16.7 Å². The third kappa shape index (κ3) is 3.73. The molecular formula is C20H21N. The molecule has 0 saturated carbocycles. The number of hydrogen-bond acceptors (Lipinski definition) is 1. The van der Waals surface area contributed by atoms with E-state index in [1.54, 1.807) is 6.08 Å². The van der Waals surface area contributed by atoms with Gasteiger partial charge in [0.2, 0.25) is 0 Å². The zero-order valence-corrected chi connectivity index (χ0v) is 12.6. The number of rotatable bonds is 5. The van der Waals surface area contributed by atoms with Crippen LogP contribution in [0.3, 0.4) is 0 Å². The van der Waals surface area contributed by atoms with Gasteiger partial charge in [-0.15, -0.1) is 0 Å². The Morgan fingerprint density at radius 3 is 2.43 bits per heavy atom. The van der Waals surface area contributed by atoms with Crippen LogP contribution in [0.15, 0.2) is 79.4 Å². The normalized spacial score (nSPS) is 11.6. The van der Waals surface area contributed by atoms with Gasteiger partial charge < -0.3 is 5.32 Å². The average molecular weight is 275 g/mol. The van der Waals surface area contributed by atoms with Gasteiger partial charge in [0.15, 0.2) is 0 Å². The van der Waals surface area contributed by atoms with Crippen molar-refractivity contribution < 1.29 is 0 Å². The maximum absolute atomic E-state index is 3.69. The molecular weight excluding hydrogens is 254 g/mol. The maximum atomic E-state index is 3.69. The molecule has 0 spiro atoms. The number of anilines is 1. The van der Waals surface area contributed by atoms with Crippen LogP contribution < -0.4 is 5.32 Å². The summed E-state index contributed by atoms with van der Waals surface area (Å²) in [5.74, 6) is 0. The molecule has 1 nitrogen and oxygen atoms in total. The summed E-state index contributed by atoms with van der Waals surface area (Å²) in [6.45, 7) is 5.81. The lowest BCUT2D eigenvalue weighted by molar-refractivity contribution is 1.46. The molecule has 0 atom stereocenters. The molecule has 2 aromatic carbocycles. The summed E-state index contributed by atoms with van der Waals surface area (Å²) >= 11 is 0. The van der Waals surface area contributed by atoms with Crippen LogP contribution in [-0.4, -0.2) is 7.05 Å². The third-order valence-electron chi connectivity index (χ3n) is 3.41. The van der Waals surface area contributed by atoms with E-state index in [1.807, 2.05) is 25.3 Å². The van der Waals surface area contributed by atoms with Crippen molar-refractivity contribution in [3.63, 3.8) is 0 Å². The van der Waals surface area contributed by atoms with Crippen molar-refractivity contribution >= 4 is 11.3 Å². The summed E-state index contributed by atoms with van der Waals surface area (Å²) in [6.07, 6.45) is 7.83. The van der Waals surface area contributed by atoms with E-state index in [0.717, 1.165) is 5.69 Å². The lowest BCUT2D eigenvalue weighted by atomic mass is 9.98. The average Bonchev–Trinajstić information content (AvgIpc) is 2.55. The summed E-state index contributed by atoms with van der Waals surface area (Å²) in [4.78, 5) is 0. The minimum Gasteiger partial charge on any atom is -0.388 e. The fourth-order valence-electron chi connectivity index (χ4n) is 2.27. The first kappa shape index (κ1) is 14.9. The Hall–Kier alpha value is -2.54. The zero-order valence-electron chi connectivity index (χ0n) is 12.6. The first-order valence-corrected chi connectivity index (χ1v) is 7.10. The van der Waals surface area contributed by atoms with Gasteiger partial charge in [0.05, 0.1) is 0 Å². The van der Waals surface area contributed by atoms with Crippen molar-refractivity contribution in [3.8, 4) is 11.1 Å². The molecule has 0 heterocycles. The summed E-state index contributed by atoms with van der Waals surface area (Å²) in [5.41, 5.74) is 6.03. The highest BCUT2D eigenvalue weighted by atomic mass is 14.8. The van der Waals surface area contributed by atoms with Crippen LogP contribution in [0.4, 0.5) is 5.69 Å². The van der Waals surface area contributed by atoms with E-state index in [1.165, 1.54) is 22.3 Å². The minimum absolute atomic E-state index is 1.13. The molecule has 0 aliphatic rings. The highest BCUT2D eigenvalue weighted by Gasteiger charge is 2.05. The molecule has 0 unspecified atom stereocenters. The van der Waals surface area contributed by atoms with Gasteiger partial charge >= 0.3 is 0 Å². The van der Waals surface area contributed by atoms with E-state index < -0.39 is 0 Å². The second-order valence-corrected chi connectivity index (χ2v) is 4.85. The van der Waals surface area contributed by atoms with Crippen LogP contribution in [0.2, 0.25) is 0 Å². The number of hydrogen-bond donors (Lipinski definition) is 1. The largest absolute Gasteiger partial charge is 0.388 e. The Bertz CT molecular complexity index is 663. The molecule has 106 valence electrons. The Balaban J connectivity index is 2.46. The maximum Gasteiger partial charge on any atom is 0.0414 e. The molecule has 0 saturated heterocycles. The Labute approximate surface area is 127 Å². The van der Waals surface area contributed by atoms with Gasteiger partial charge in [-0.25, -0.2) is 0 Å². The predicted molar refractivity (Wildman–Crippen MR) is 94.4 cm³/mol. The fourth-order valence-corrected chi connectivity index (χ4v) is 2.27. The quantitative estimate of drug-likeness (QED) is 0.706. The van der Waals surface area contributed by atoms with E-state index >= 15 is 0 Å². The van der Waals surface area contributed by atoms with Gasteiger partial charge in [-0.05, 0) is 35.8 Å². The molecule has 2 aromatic rings. The smallest absolute Gasteiger partial charge is 0.0414 e. The van der Waals surface area contributed by atoms with E-state index in [2.05, 4.69) is 67.4 Å². The Kier molecular flexibility index (Phi) is 5.16. The van der Waals surface area contributed by atoms with Crippen LogP contribution in [-0.2, 0) is 0 Å². The van der Waals surface area contributed by atoms with Crippen molar-refractivity contribution in [3.05, 3.63) is 85.0 Å². The fraction of sp³-hybridized carbons (Fsp3) is 0.100. The topological polar surface area (TPSA) is 12.0 Å². The molecule has 0 aliphatic heterocycles. The summed E-state index contributed by atoms with van der Waals surface area (Å²) in [5, 5.41) is 3.26. The molecule has 1 N–H and O–H groups in total. The van der Waals surface area contributed by atoms with Crippen molar-refractivity contribution in [1.82, 2.24) is 0 Å². The van der Waals surface area contributed by atoms with Crippen molar-refractivity contribution in [2.75, 3.05) is 12.4 Å². The summed E-state index contributed by atoms with van der Waals surface area (Å²) < 4.78 is 0. The first-order chi connectivity index (χ1) is 10.3. The molecule has 0 radical (unpaired) electrons. The number of benzene rings is 2. The van der Waals surface area contributed by atoms with E-state index in [9.17, 15) is 0 Å². The molecule has 0 aromatic heterocycles. The van der Waals surface area contributed by atoms with Gasteiger partial charge in [-0.2, -0.15) is 0 Å². The lowest BCUT2D eigenvalue weighted by Gasteiger charge is -2.12. The molecule has 0 aliphatic carbocycles. The van der Waals surface area contributed by atoms with E-state index in [0.29, 0.717) is 0 Å². The van der Waals surface area contributed by atoms with Crippen molar-refractivity contribution in [2.24, 2.45) is 0 Å². The van der Waals surface area contributed by atoms with E-state index in [4.69, 9.17) is 0 Å². The first-order valence-electron chi connectivity index (χ1n) is 7.10. The van der Waals surface area contributed by atoms with Crippen molar-refractivity contribution in [2.45, 2.75) is 6.92 Å².